The maximum Gasteiger partial charge on any atom is 0.266 e. The van der Waals surface area contributed by atoms with E-state index in [0.717, 1.165) is 34.1 Å². The zero-order valence-electron chi connectivity index (χ0n) is 18.6. The molecule has 8 heteroatoms. The van der Waals surface area contributed by atoms with Crippen molar-refractivity contribution in [1.29, 1.82) is 0 Å². The number of hydrogen-bond donors (Lipinski definition) is 0. The topological polar surface area (TPSA) is 48.0 Å². The summed E-state index contributed by atoms with van der Waals surface area (Å²) in [6.45, 7) is 6.26. The lowest BCUT2D eigenvalue weighted by atomic mass is 10.1. The van der Waals surface area contributed by atoms with Gasteiger partial charge in [-0.1, -0.05) is 53.8 Å². The van der Waals surface area contributed by atoms with E-state index in [2.05, 4.69) is 53.8 Å². The van der Waals surface area contributed by atoms with Crippen molar-refractivity contribution in [2.45, 2.75) is 39.4 Å². The van der Waals surface area contributed by atoms with E-state index in [9.17, 15) is 4.79 Å². The molecular formula is C25H26INO4S2. The molecule has 4 rings (SSSR count). The zero-order valence-corrected chi connectivity index (χ0v) is 22.4. The van der Waals surface area contributed by atoms with Crippen molar-refractivity contribution >= 4 is 62.9 Å². The monoisotopic (exact) mass is 595 g/mol. The summed E-state index contributed by atoms with van der Waals surface area (Å²) in [5, 5.41) is 0. The van der Waals surface area contributed by atoms with Gasteiger partial charge in [0.2, 0.25) is 0 Å². The predicted octanol–water partition coefficient (Wildman–Crippen LogP) is 5.96. The van der Waals surface area contributed by atoms with Crippen LogP contribution in [0, 0.1) is 10.5 Å². The van der Waals surface area contributed by atoms with Gasteiger partial charge in [-0.3, -0.25) is 9.69 Å². The van der Waals surface area contributed by atoms with Gasteiger partial charge >= 0.3 is 0 Å². The summed E-state index contributed by atoms with van der Waals surface area (Å²) >= 11 is 9.06. The lowest BCUT2D eigenvalue weighted by Gasteiger charge is -2.18. The summed E-state index contributed by atoms with van der Waals surface area (Å²) in [6, 6.07) is 12.2. The Labute approximate surface area is 218 Å². The van der Waals surface area contributed by atoms with Crippen molar-refractivity contribution in [3.63, 3.8) is 0 Å². The van der Waals surface area contributed by atoms with Crippen LogP contribution in [0.2, 0.25) is 0 Å². The maximum atomic E-state index is 13.0. The second kappa shape index (κ2) is 11.2. The summed E-state index contributed by atoms with van der Waals surface area (Å²) in [6.07, 6.45) is 3.95. The molecular weight excluding hydrogens is 569 g/mol. The normalized spacial score (nSPS) is 19.5. The number of hydrogen-bond acceptors (Lipinski definition) is 6. The molecule has 2 aromatic rings. The Kier molecular flexibility index (Phi) is 8.32. The average Bonchev–Trinajstić information content (AvgIpc) is 3.39. The number of nitrogens with zero attached hydrogens (tertiary/aromatic N) is 1. The molecule has 33 heavy (non-hydrogen) atoms. The highest BCUT2D eigenvalue weighted by Crippen LogP contribution is 2.38. The Balaban J connectivity index is 1.52. The Hall–Kier alpha value is -1.62. The molecule has 2 heterocycles. The molecule has 1 amide bonds. The molecule has 1 atom stereocenters. The first-order chi connectivity index (χ1) is 15.9. The highest BCUT2D eigenvalue weighted by atomic mass is 127. The van der Waals surface area contributed by atoms with Crippen LogP contribution in [0.15, 0.2) is 41.3 Å². The molecule has 2 aromatic carbocycles. The Morgan fingerprint density at radius 3 is 2.76 bits per heavy atom. The fourth-order valence-electron chi connectivity index (χ4n) is 3.71. The van der Waals surface area contributed by atoms with Gasteiger partial charge in [-0.2, -0.15) is 0 Å². The summed E-state index contributed by atoms with van der Waals surface area (Å²) in [5.41, 5.74) is 3.19. The molecule has 0 aromatic heterocycles. The van der Waals surface area contributed by atoms with Crippen molar-refractivity contribution in [3.05, 3.63) is 61.6 Å². The van der Waals surface area contributed by atoms with E-state index >= 15 is 0 Å². The third-order valence-electron chi connectivity index (χ3n) is 5.42. The van der Waals surface area contributed by atoms with Crippen LogP contribution in [0.1, 0.15) is 36.5 Å². The quantitative estimate of drug-likeness (QED) is 0.214. The van der Waals surface area contributed by atoms with Crippen molar-refractivity contribution in [1.82, 2.24) is 4.90 Å². The van der Waals surface area contributed by atoms with Crippen LogP contribution in [0.25, 0.3) is 6.08 Å². The number of carbonyl (C=O) groups is 1. The van der Waals surface area contributed by atoms with Crippen LogP contribution < -0.4 is 9.47 Å². The molecule has 2 aliphatic rings. The van der Waals surface area contributed by atoms with Crippen molar-refractivity contribution < 1.29 is 19.0 Å². The van der Waals surface area contributed by atoms with Crippen molar-refractivity contribution in [2.24, 2.45) is 0 Å². The molecule has 0 N–H and O–H groups in total. The van der Waals surface area contributed by atoms with Gasteiger partial charge in [0.15, 0.2) is 11.5 Å². The van der Waals surface area contributed by atoms with Crippen LogP contribution in [0.3, 0.4) is 0 Å². The first-order valence-electron chi connectivity index (χ1n) is 11.0. The lowest BCUT2D eigenvalue weighted by Crippen LogP contribution is -2.35. The number of aryl methyl sites for hydroxylation is 1. The molecule has 0 bridgehead atoms. The van der Waals surface area contributed by atoms with E-state index in [1.807, 2.05) is 25.1 Å². The average molecular weight is 596 g/mol. The molecule has 0 unspecified atom stereocenters. The third-order valence-corrected chi connectivity index (χ3v) is 7.60. The molecule has 0 saturated carbocycles. The summed E-state index contributed by atoms with van der Waals surface area (Å²) in [7, 11) is 0. The Morgan fingerprint density at radius 1 is 1.27 bits per heavy atom. The Bertz CT molecular complexity index is 1060. The fraction of sp³-hybridized carbons (Fsp3) is 0.360. The number of ether oxygens (including phenoxy) is 3. The van der Waals surface area contributed by atoms with E-state index in [4.69, 9.17) is 26.4 Å². The fourth-order valence-corrected chi connectivity index (χ4v) is 5.77. The summed E-state index contributed by atoms with van der Waals surface area (Å²) < 4.78 is 19.2. The van der Waals surface area contributed by atoms with Crippen LogP contribution in [0.4, 0.5) is 0 Å². The van der Waals surface area contributed by atoms with Gasteiger partial charge in [0, 0.05) is 6.61 Å². The van der Waals surface area contributed by atoms with Crippen molar-refractivity contribution in [2.75, 3.05) is 19.8 Å². The molecule has 2 saturated heterocycles. The highest BCUT2D eigenvalue weighted by molar-refractivity contribution is 14.1. The summed E-state index contributed by atoms with van der Waals surface area (Å²) in [4.78, 5) is 15.3. The van der Waals surface area contributed by atoms with E-state index in [1.165, 1.54) is 17.3 Å². The maximum absolute atomic E-state index is 13.0. The highest BCUT2D eigenvalue weighted by Gasteiger charge is 2.34. The van der Waals surface area contributed by atoms with Crippen LogP contribution in [-0.2, 0) is 16.1 Å². The second-order valence-corrected chi connectivity index (χ2v) is 10.8. The SMILES string of the molecule is CCOc1cc(/C=C2\SC(=S)N(C[C@H]3CCCO3)C2=O)cc(I)c1OCc1ccc(C)cc1. The van der Waals surface area contributed by atoms with E-state index in [-0.39, 0.29) is 12.0 Å². The third kappa shape index (κ3) is 6.09. The lowest BCUT2D eigenvalue weighted by molar-refractivity contribution is -0.123. The second-order valence-electron chi connectivity index (χ2n) is 7.96. The van der Waals surface area contributed by atoms with Gasteiger partial charge in [0.1, 0.15) is 10.9 Å². The number of halogens is 1. The minimum absolute atomic E-state index is 0.0619. The number of carbonyl (C=O) groups excluding carboxylic acids is 1. The van der Waals surface area contributed by atoms with Crippen molar-refractivity contribution in [3.8, 4) is 11.5 Å². The molecule has 2 fully saturated rings. The minimum atomic E-state index is -0.0619. The summed E-state index contributed by atoms with van der Waals surface area (Å²) in [5.74, 6) is 1.31. The standard InChI is InChI=1S/C25H26INO4S2/c1-3-29-21-12-18(11-20(26)23(21)31-15-17-8-6-16(2)7-9-17)13-22-24(28)27(25(32)33-22)14-19-5-4-10-30-19/h6-9,11-13,19H,3-5,10,14-15H2,1-2H3/b22-13-/t19-/m1/s1. The number of benzene rings is 2. The van der Waals surface area contributed by atoms with E-state index in [1.54, 1.807) is 4.90 Å². The van der Waals surface area contributed by atoms with Gasteiger partial charge in [0.25, 0.3) is 5.91 Å². The smallest absolute Gasteiger partial charge is 0.266 e. The van der Waals surface area contributed by atoms with Crippen LogP contribution >= 0.6 is 46.6 Å². The van der Waals surface area contributed by atoms with Crippen LogP contribution in [-0.4, -0.2) is 41.0 Å². The zero-order chi connectivity index (χ0) is 23.4. The number of thioether (sulfide) groups is 1. The van der Waals surface area contributed by atoms with Gasteiger partial charge in [-0.15, -0.1) is 0 Å². The van der Waals surface area contributed by atoms with Gasteiger partial charge in [-0.25, -0.2) is 0 Å². The predicted molar refractivity (Wildman–Crippen MR) is 145 cm³/mol. The number of amides is 1. The van der Waals surface area contributed by atoms with E-state index < -0.39 is 0 Å². The van der Waals surface area contributed by atoms with Gasteiger partial charge in [0.05, 0.1) is 27.7 Å². The van der Waals surface area contributed by atoms with Gasteiger partial charge < -0.3 is 14.2 Å². The molecule has 2 aliphatic heterocycles. The minimum Gasteiger partial charge on any atom is -0.490 e. The van der Waals surface area contributed by atoms with E-state index in [0.29, 0.717) is 40.5 Å². The molecule has 174 valence electrons. The molecule has 0 spiro atoms. The largest absolute Gasteiger partial charge is 0.490 e. The molecule has 0 radical (unpaired) electrons. The molecule has 0 aliphatic carbocycles. The number of rotatable bonds is 8. The van der Waals surface area contributed by atoms with Crippen LogP contribution in [0.5, 0.6) is 11.5 Å². The Morgan fingerprint density at radius 2 is 2.06 bits per heavy atom. The molecule has 5 nitrogen and oxygen atoms in total. The van der Waals surface area contributed by atoms with Gasteiger partial charge in [-0.05, 0) is 78.6 Å². The first-order valence-corrected chi connectivity index (χ1v) is 13.3. The number of thiocarbonyl (C=S) groups is 1. The first kappa shape index (κ1) is 24.5.